The van der Waals surface area contributed by atoms with Gasteiger partial charge in [-0.15, -0.1) is 0 Å². The van der Waals surface area contributed by atoms with E-state index in [1.165, 1.54) is 23.9 Å². The normalized spacial score (nSPS) is 12.4. The molecule has 1 aromatic carbocycles. The number of thioether (sulfide) groups is 1. The number of halogens is 1. The van der Waals surface area contributed by atoms with Crippen LogP contribution < -0.4 is 5.73 Å². The van der Waals surface area contributed by atoms with Crippen LogP contribution in [0.25, 0.3) is 0 Å². The predicted octanol–water partition coefficient (Wildman–Crippen LogP) is 3.36. The summed E-state index contributed by atoms with van der Waals surface area (Å²) >= 11 is 1.51. The molecule has 1 heterocycles. The van der Waals surface area contributed by atoms with Gasteiger partial charge >= 0.3 is 0 Å². The molecule has 0 amide bonds. The van der Waals surface area contributed by atoms with Crippen molar-refractivity contribution in [2.24, 2.45) is 0 Å². The van der Waals surface area contributed by atoms with Crippen LogP contribution in [0.2, 0.25) is 0 Å². The fourth-order valence-electron chi connectivity index (χ4n) is 1.58. The molecule has 0 unspecified atom stereocenters. The third-order valence-electron chi connectivity index (χ3n) is 2.48. The fraction of sp³-hybridized carbons (Fsp3) is 0.231. The van der Waals surface area contributed by atoms with Crippen molar-refractivity contribution in [3.8, 4) is 0 Å². The van der Waals surface area contributed by atoms with Crippen LogP contribution in [0.4, 0.5) is 10.2 Å². The maximum atomic E-state index is 12.8. The van der Waals surface area contributed by atoms with Gasteiger partial charge in [0.05, 0.1) is 0 Å². The number of rotatable bonds is 3. The van der Waals surface area contributed by atoms with E-state index in [2.05, 4.69) is 9.97 Å². The second kappa shape index (κ2) is 5.35. The van der Waals surface area contributed by atoms with Crippen LogP contribution in [0.15, 0.2) is 35.5 Å². The second-order valence-corrected chi connectivity index (χ2v) is 5.34. The Balaban J connectivity index is 2.15. The van der Waals surface area contributed by atoms with E-state index in [1.807, 2.05) is 13.8 Å². The molecule has 0 saturated heterocycles. The molecule has 0 bridgehead atoms. The summed E-state index contributed by atoms with van der Waals surface area (Å²) < 4.78 is 12.8. The number of nitrogen functional groups attached to an aromatic ring is 1. The SMILES string of the molecule is Cc1cc(N)nc(S[C@H](C)c2ccc(F)cc2)n1. The highest BCUT2D eigenvalue weighted by molar-refractivity contribution is 7.99. The third-order valence-corrected chi connectivity index (χ3v) is 3.49. The zero-order valence-electron chi connectivity index (χ0n) is 10.2. The van der Waals surface area contributed by atoms with Gasteiger partial charge in [-0.3, -0.25) is 0 Å². The molecule has 5 heteroatoms. The van der Waals surface area contributed by atoms with Crippen molar-refractivity contribution in [2.75, 3.05) is 5.73 Å². The van der Waals surface area contributed by atoms with Crippen molar-refractivity contribution < 1.29 is 4.39 Å². The second-order valence-electron chi connectivity index (χ2n) is 4.03. The van der Waals surface area contributed by atoms with Gasteiger partial charge in [0, 0.05) is 17.0 Å². The Morgan fingerprint density at radius 3 is 2.50 bits per heavy atom. The van der Waals surface area contributed by atoms with Crippen molar-refractivity contribution in [3.05, 3.63) is 47.4 Å². The highest BCUT2D eigenvalue weighted by Crippen LogP contribution is 2.33. The first-order valence-corrected chi connectivity index (χ1v) is 6.46. The number of hydrogen-bond donors (Lipinski definition) is 1. The van der Waals surface area contributed by atoms with E-state index in [0.717, 1.165) is 11.3 Å². The van der Waals surface area contributed by atoms with E-state index in [1.54, 1.807) is 18.2 Å². The number of nitrogens with two attached hydrogens (primary N) is 1. The summed E-state index contributed by atoms with van der Waals surface area (Å²) in [6, 6.07) is 8.18. The minimum atomic E-state index is -0.230. The Morgan fingerprint density at radius 2 is 1.89 bits per heavy atom. The summed E-state index contributed by atoms with van der Waals surface area (Å²) in [5, 5.41) is 0.788. The van der Waals surface area contributed by atoms with Crippen molar-refractivity contribution in [3.63, 3.8) is 0 Å². The zero-order chi connectivity index (χ0) is 13.1. The minimum Gasteiger partial charge on any atom is -0.384 e. The Hall–Kier alpha value is -1.62. The summed E-state index contributed by atoms with van der Waals surface area (Å²) in [6.45, 7) is 3.91. The molecule has 3 nitrogen and oxygen atoms in total. The lowest BCUT2D eigenvalue weighted by atomic mass is 10.2. The maximum absolute atomic E-state index is 12.8. The number of anilines is 1. The lowest BCUT2D eigenvalue weighted by Gasteiger charge is -2.11. The Bertz CT molecular complexity index is 522. The molecule has 0 aliphatic rings. The van der Waals surface area contributed by atoms with Crippen molar-refractivity contribution >= 4 is 17.6 Å². The monoisotopic (exact) mass is 263 g/mol. The lowest BCUT2D eigenvalue weighted by Crippen LogP contribution is -1.98. The molecular formula is C13H14FN3S. The standard InChI is InChI=1S/C13H14FN3S/c1-8-7-12(15)17-13(16-8)18-9(2)10-3-5-11(14)6-4-10/h3-7,9H,1-2H3,(H2,15,16,17)/t9-/m1/s1. The Kier molecular flexibility index (Phi) is 3.81. The van der Waals surface area contributed by atoms with Gasteiger partial charge in [0.2, 0.25) is 0 Å². The van der Waals surface area contributed by atoms with Gasteiger partial charge in [-0.05, 0) is 31.5 Å². The van der Waals surface area contributed by atoms with Gasteiger partial charge in [0.25, 0.3) is 0 Å². The van der Waals surface area contributed by atoms with Crippen LogP contribution in [0.5, 0.6) is 0 Å². The first kappa shape index (κ1) is 12.8. The van der Waals surface area contributed by atoms with Gasteiger partial charge in [-0.1, -0.05) is 23.9 Å². The molecule has 2 rings (SSSR count). The first-order chi connectivity index (χ1) is 8.54. The van der Waals surface area contributed by atoms with Gasteiger partial charge in [-0.2, -0.15) is 0 Å². The number of hydrogen-bond acceptors (Lipinski definition) is 4. The number of aryl methyl sites for hydroxylation is 1. The van der Waals surface area contributed by atoms with Crippen LogP contribution in [0, 0.1) is 12.7 Å². The smallest absolute Gasteiger partial charge is 0.190 e. The van der Waals surface area contributed by atoms with E-state index in [9.17, 15) is 4.39 Å². The molecule has 0 spiro atoms. The quantitative estimate of drug-likeness (QED) is 0.681. The highest BCUT2D eigenvalue weighted by atomic mass is 32.2. The van der Waals surface area contributed by atoms with Crippen LogP contribution in [-0.2, 0) is 0 Å². The third kappa shape index (κ3) is 3.20. The van der Waals surface area contributed by atoms with Crippen LogP contribution >= 0.6 is 11.8 Å². The van der Waals surface area contributed by atoms with Gasteiger partial charge in [-0.25, -0.2) is 14.4 Å². The highest BCUT2D eigenvalue weighted by Gasteiger charge is 2.10. The van der Waals surface area contributed by atoms with E-state index < -0.39 is 0 Å². The van der Waals surface area contributed by atoms with Crippen LogP contribution in [0.3, 0.4) is 0 Å². The molecule has 1 atom stereocenters. The first-order valence-electron chi connectivity index (χ1n) is 5.58. The van der Waals surface area contributed by atoms with E-state index in [0.29, 0.717) is 11.0 Å². The Labute approximate surface area is 110 Å². The topological polar surface area (TPSA) is 51.8 Å². The number of nitrogens with zero attached hydrogens (tertiary/aromatic N) is 2. The minimum absolute atomic E-state index is 0.145. The Morgan fingerprint density at radius 1 is 1.22 bits per heavy atom. The number of aromatic nitrogens is 2. The molecule has 0 fully saturated rings. The van der Waals surface area contributed by atoms with Crippen LogP contribution in [-0.4, -0.2) is 9.97 Å². The molecule has 1 aromatic heterocycles. The van der Waals surface area contributed by atoms with E-state index in [-0.39, 0.29) is 11.1 Å². The fourth-order valence-corrected chi connectivity index (χ4v) is 2.54. The molecule has 2 aromatic rings. The lowest BCUT2D eigenvalue weighted by molar-refractivity contribution is 0.627. The summed E-state index contributed by atoms with van der Waals surface area (Å²) in [5.74, 6) is 0.239. The predicted molar refractivity (Wildman–Crippen MR) is 71.9 cm³/mol. The van der Waals surface area contributed by atoms with Crippen LogP contribution in [0.1, 0.15) is 23.4 Å². The molecule has 94 valence electrons. The molecular weight excluding hydrogens is 249 g/mol. The molecule has 0 saturated carbocycles. The molecule has 18 heavy (non-hydrogen) atoms. The van der Waals surface area contributed by atoms with E-state index >= 15 is 0 Å². The average Bonchev–Trinajstić information content (AvgIpc) is 2.28. The molecule has 0 aliphatic heterocycles. The summed E-state index contributed by atoms with van der Waals surface area (Å²) in [5.41, 5.74) is 7.56. The van der Waals surface area contributed by atoms with Crippen molar-refractivity contribution in [1.29, 1.82) is 0 Å². The molecule has 2 N–H and O–H groups in total. The van der Waals surface area contributed by atoms with E-state index in [4.69, 9.17) is 5.73 Å². The van der Waals surface area contributed by atoms with Gasteiger partial charge < -0.3 is 5.73 Å². The van der Waals surface area contributed by atoms with Crippen molar-refractivity contribution in [2.45, 2.75) is 24.3 Å². The average molecular weight is 263 g/mol. The van der Waals surface area contributed by atoms with Gasteiger partial charge in [0.1, 0.15) is 11.6 Å². The zero-order valence-corrected chi connectivity index (χ0v) is 11.0. The maximum Gasteiger partial charge on any atom is 0.190 e. The van der Waals surface area contributed by atoms with Gasteiger partial charge in [0.15, 0.2) is 5.16 Å². The summed E-state index contributed by atoms with van der Waals surface area (Å²) in [6.07, 6.45) is 0. The summed E-state index contributed by atoms with van der Waals surface area (Å²) in [4.78, 5) is 8.49. The summed E-state index contributed by atoms with van der Waals surface area (Å²) in [7, 11) is 0. The molecule has 0 radical (unpaired) electrons. The van der Waals surface area contributed by atoms with Crippen molar-refractivity contribution in [1.82, 2.24) is 9.97 Å². The largest absolute Gasteiger partial charge is 0.384 e. The number of benzene rings is 1. The molecule has 0 aliphatic carbocycles.